The van der Waals surface area contributed by atoms with E-state index in [1.165, 1.54) is 7.11 Å². The number of benzene rings is 2. The second-order valence-corrected chi connectivity index (χ2v) is 10.1. The molecule has 2 aliphatic rings. The van der Waals surface area contributed by atoms with Crippen LogP contribution in [0.3, 0.4) is 0 Å². The molecule has 7 heteroatoms. The summed E-state index contributed by atoms with van der Waals surface area (Å²) in [7, 11) is 1.38. The number of para-hydroxylation sites is 1. The molecule has 4 rings (SSSR count). The first-order chi connectivity index (χ1) is 16.2. The van der Waals surface area contributed by atoms with Gasteiger partial charge in [-0.3, -0.25) is 9.59 Å². The molecule has 2 aromatic carbocycles. The molecule has 1 aliphatic heterocycles. The molecule has 180 valence electrons. The number of nitrogens with zero attached hydrogens (tertiary/aromatic N) is 1. The summed E-state index contributed by atoms with van der Waals surface area (Å²) in [4.78, 5) is 40.6. The largest absolute Gasteiger partial charge is 0.469 e. The molecule has 0 saturated heterocycles. The third-order valence-electron chi connectivity index (χ3n) is 6.87. The summed E-state index contributed by atoms with van der Waals surface area (Å²) in [5.41, 5.74) is 1.23. The second kappa shape index (κ2) is 9.12. The number of carbonyl (C=O) groups is 3. The van der Waals surface area contributed by atoms with Crippen molar-refractivity contribution >= 4 is 23.7 Å². The van der Waals surface area contributed by atoms with Crippen LogP contribution >= 0.6 is 0 Å². The first-order valence-electron chi connectivity index (χ1n) is 11.7. The Kier molecular flexibility index (Phi) is 6.39. The molecular weight excluding hydrogens is 432 g/mol. The Morgan fingerprint density at radius 1 is 1.09 bits per heavy atom. The van der Waals surface area contributed by atoms with Crippen molar-refractivity contribution in [2.45, 2.75) is 51.2 Å². The van der Waals surface area contributed by atoms with E-state index in [4.69, 9.17) is 9.47 Å². The summed E-state index contributed by atoms with van der Waals surface area (Å²) in [6, 6.07) is 17.3. The minimum absolute atomic E-state index is 0.0919. The molecule has 2 aromatic rings. The maximum absolute atomic E-state index is 13.2. The van der Waals surface area contributed by atoms with Crippen LogP contribution in [0.5, 0.6) is 0 Å². The van der Waals surface area contributed by atoms with E-state index in [2.05, 4.69) is 5.32 Å². The number of methoxy groups -OCH3 is 1. The fourth-order valence-corrected chi connectivity index (χ4v) is 5.29. The Hall–Kier alpha value is -3.35. The maximum Gasteiger partial charge on any atom is 0.410 e. The van der Waals surface area contributed by atoms with E-state index >= 15 is 0 Å². The van der Waals surface area contributed by atoms with E-state index in [0.29, 0.717) is 31.6 Å². The lowest BCUT2D eigenvalue weighted by atomic mass is 9.47. The van der Waals surface area contributed by atoms with Crippen LogP contribution in [0.1, 0.15) is 44.7 Å². The second-order valence-electron chi connectivity index (χ2n) is 10.1. The Balaban J connectivity index is 1.68. The summed E-state index contributed by atoms with van der Waals surface area (Å²) < 4.78 is 10.8. The van der Waals surface area contributed by atoms with Gasteiger partial charge in [0.05, 0.1) is 13.0 Å². The molecule has 1 heterocycles. The third kappa shape index (κ3) is 4.39. The van der Waals surface area contributed by atoms with Gasteiger partial charge in [-0.05, 0) is 50.8 Å². The Labute approximate surface area is 200 Å². The molecule has 0 unspecified atom stereocenters. The van der Waals surface area contributed by atoms with Gasteiger partial charge in [0.25, 0.3) is 0 Å². The molecule has 1 fully saturated rings. The number of nitrogens with one attached hydrogen (secondary N) is 1. The Morgan fingerprint density at radius 3 is 2.44 bits per heavy atom. The number of anilines is 1. The van der Waals surface area contributed by atoms with Crippen LogP contribution in [-0.4, -0.2) is 42.1 Å². The van der Waals surface area contributed by atoms with Gasteiger partial charge in [-0.2, -0.15) is 0 Å². The van der Waals surface area contributed by atoms with E-state index in [-0.39, 0.29) is 17.8 Å². The van der Waals surface area contributed by atoms with Crippen molar-refractivity contribution in [3.05, 3.63) is 65.7 Å². The zero-order valence-electron chi connectivity index (χ0n) is 20.2. The lowest BCUT2D eigenvalue weighted by Crippen LogP contribution is -2.63. The van der Waals surface area contributed by atoms with Crippen LogP contribution in [0.2, 0.25) is 0 Å². The number of ether oxygens (including phenoxy) is 2. The van der Waals surface area contributed by atoms with E-state index in [0.717, 1.165) is 11.1 Å². The standard InChI is InChI=1S/C27H32N2O5/c1-26(2,3)34-25(32)29(17-18-10-6-5-7-11-18)15-14-27-19-12-8-9-13-22(19)28-23(30)20(27)16-21(27)24(31)33-4/h5-13,20-21H,14-17H2,1-4H3,(H,28,30)/t20-,21-,27+/m1/s1. The normalized spacial score (nSPS) is 23.0. The summed E-state index contributed by atoms with van der Waals surface area (Å²) in [5, 5.41) is 2.98. The summed E-state index contributed by atoms with van der Waals surface area (Å²) in [6.45, 7) is 6.20. The molecule has 7 nitrogen and oxygen atoms in total. The van der Waals surface area contributed by atoms with Crippen molar-refractivity contribution in [3.8, 4) is 0 Å². The summed E-state index contributed by atoms with van der Waals surface area (Å²) in [6.07, 6.45) is 0.443. The van der Waals surface area contributed by atoms with Gasteiger partial charge in [-0.25, -0.2) is 4.79 Å². The fraction of sp³-hybridized carbons (Fsp3) is 0.444. The van der Waals surface area contributed by atoms with Crippen LogP contribution in [0.25, 0.3) is 0 Å². The number of hydrogen-bond donors (Lipinski definition) is 1. The molecular formula is C27H32N2O5. The lowest BCUT2D eigenvalue weighted by molar-refractivity contribution is -0.161. The third-order valence-corrected chi connectivity index (χ3v) is 6.87. The van der Waals surface area contributed by atoms with Gasteiger partial charge in [0.2, 0.25) is 5.91 Å². The number of fused-ring (bicyclic) bond motifs is 3. The van der Waals surface area contributed by atoms with Gasteiger partial charge in [0.15, 0.2) is 0 Å². The molecule has 1 N–H and O–H groups in total. The zero-order valence-corrected chi connectivity index (χ0v) is 20.2. The highest BCUT2D eigenvalue weighted by Crippen LogP contribution is 2.60. The first-order valence-corrected chi connectivity index (χ1v) is 11.7. The molecule has 34 heavy (non-hydrogen) atoms. The topological polar surface area (TPSA) is 84.9 Å². The van der Waals surface area contributed by atoms with E-state index in [9.17, 15) is 14.4 Å². The highest BCUT2D eigenvalue weighted by atomic mass is 16.6. The van der Waals surface area contributed by atoms with E-state index < -0.39 is 23.0 Å². The smallest absolute Gasteiger partial charge is 0.410 e. The lowest BCUT2D eigenvalue weighted by Gasteiger charge is -2.57. The molecule has 1 aliphatic carbocycles. The van der Waals surface area contributed by atoms with E-state index in [1.807, 2.05) is 75.4 Å². The van der Waals surface area contributed by atoms with Crippen LogP contribution in [0.4, 0.5) is 10.5 Å². The van der Waals surface area contributed by atoms with Crippen LogP contribution in [-0.2, 0) is 31.0 Å². The zero-order chi connectivity index (χ0) is 24.5. The molecule has 0 spiro atoms. The quantitative estimate of drug-likeness (QED) is 0.636. The number of amides is 2. The number of hydrogen-bond acceptors (Lipinski definition) is 5. The summed E-state index contributed by atoms with van der Waals surface area (Å²) >= 11 is 0. The molecule has 3 atom stereocenters. The van der Waals surface area contributed by atoms with Crippen LogP contribution < -0.4 is 5.32 Å². The Morgan fingerprint density at radius 2 is 1.76 bits per heavy atom. The highest BCUT2D eigenvalue weighted by Gasteiger charge is 2.64. The van der Waals surface area contributed by atoms with Crippen molar-refractivity contribution in [1.82, 2.24) is 4.90 Å². The fourth-order valence-electron chi connectivity index (χ4n) is 5.29. The SMILES string of the molecule is COC(=O)[C@H]1C[C@@H]2C(=O)Nc3ccccc3[C@@]21CCN(Cc1ccccc1)C(=O)OC(C)(C)C. The maximum atomic E-state index is 13.2. The van der Waals surface area contributed by atoms with E-state index in [1.54, 1.807) is 4.90 Å². The van der Waals surface area contributed by atoms with Crippen molar-refractivity contribution in [1.29, 1.82) is 0 Å². The van der Waals surface area contributed by atoms with Crippen molar-refractivity contribution in [2.75, 3.05) is 19.0 Å². The van der Waals surface area contributed by atoms with Crippen molar-refractivity contribution in [3.63, 3.8) is 0 Å². The first kappa shape index (κ1) is 23.8. The van der Waals surface area contributed by atoms with Gasteiger partial charge < -0.3 is 19.7 Å². The van der Waals surface area contributed by atoms with Crippen molar-refractivity contribution in [2.24, 2.45) is 11.8 Å². The highest BCUT2D eigenvalue weighted by molar-refractivity contribution is 6.00. The van der Waals surface area contributed by atoms with Crippen molar-refractivity contribution < 1.29 is 23.9 Å². The predicted octanol–water partition coefficient (Wildman–Crippen LogP) is 4.51. The Bertz CT molecular complexity index is 1080. The van der Waals surface area contributed by atoms with Gasteiger partial charge in [0, 0.05) is 30.1 Å². The average molecular weight is 465 g/mol. The summed E-state index contributed by atoms with van der Waals surface area (Å²) in [5.74, 6) is -1.23. The van der Waals surface area contributed by atoms with Gasteiger partial charge in [-0.15, -0.1) is 0 Å². The minimum Gasteiger partial charge on any atom is -0.469 e. The average Bonchev–Trinajstić information content (AvgIpc) is 2.77. The van der Waals surface area contributed by atoms with Gasteiger partial charge in [-0.1, -0.05) is 48.5 Å². The monoisotopic (exact) mass is 464 g/mol. The number of rotatable bonds is 6. The van der Waals surface area contributed by atoms with Crippen LogP contribution in [0, 0.1) is 11.8 Å². The molecule has 0 radical (unpaired) electrons. The predicted molar refractivity (Wildman–Crippen MR) is 128 cm³/mol. The number of carbonyl (C=O) groups excluding carboxylic acids is 3. The number of esters is 1. The molecule has 0 aromatic heterocycles. The molecule has 2 amide bonds. The van der Waals surface area contributed by atoms with Gasteiger partial charge in [0.1, 0.15) is 5.60 Å². The molecule has 0 bridgehead atoms. The molecule has 1 saturated carbocycles. The van der Waals surface area contributed by atoms with Crippen LogP contribution in [0.15, 0.2) is 54.6 Å². The minimum atomic E-state index is -0.733. The van der Waals surface area contributed by atoms with Gasteiger partial charge >= 0.3 is 12.1 Å².